The van der Waals surface area contributed by atoms with E-state index in [-0.39, 0.29) is 34.6 Å². The fourth-order valence-electron chi connectivity index (χ4n) is 2.66. The van der Waals surface area contributed by atoms with Crippen molar-refractivity contribution in [2.75, 3.05) is 5.32 Å². The van der Waals surface area contributed by atoms with Crippen molar-refractivity contribution in [2.45, 2.75) is 25.3 Å². The van der Waals surface area contributed by atoms with Crippen molar-refractivity contribution >= 4 is 33.6 Å². The number of aromatic nitrogens is 1. The minimum Gasteiger partial charge on any atom is -0.507 e. The first-order chi connectivity index (χ1) is 11.9. The third kappa shape index (κ3) is 3.79. The second-order valence-corrected chi connectivity index (χ2v) is 6.74. The number of hydrogen-bond donors (Lipinski definition) is 3. The summed E-state index contributed by atoms with van der Waals surface area (Å²) in [7, 11) is 0. The summed E-state index contributed by atoms with van der Waals surface area (Å²) in [5.74, 6) is -1.28. The molecule has 0 bridgehead atoms. The van der Waals surface area contributed by atoms with Gasteiger partial charge in [-0.3, -0.25) is 10.1 Å². The number of aromatic hydroxyl groups is 1. The Balaban J connectivity index is 1.67. The number of anilines is 1. The maximum Gasteiger partial charge on any atom is 0.320 e. The van der Waals surface area contributed by atoms with Gasteiger partial charge in [-0.15, -0.1) is 0 Å². The zero-order chi connectivity index (χ0) is 18.1. The molecule has 130 valence electrons. The molecule has 2 aromatic rings. The molecule has 3 rings (SSSR count). The van der Waals surface area contributed by atoms with Gasteiger partial charge in [0.2, 0.25) is 0 Å². The van der Waals surface area contributed by atoms with Crippen LogP contribution in [-0.4, -0.2) is 27.9 Å². The minimum absolute atomic E-state index is 0.0692. The van der Waals surface area contributed by atoms with E-state index in [0.717, 1.165) is 10.5 Å². The lowest BCUT2D eigenvalue weighted by molar-refractivity contribution is 0.101. The standard InChI is InChI=1S/C17H15BrFN3O3/c1-8(23)10-3-4-12(19)15(16(10)24)11-6-13(11)21-17(25)22-14-5-2-9(18)7-20-14/h2-5,7,11,13,24H,6H2,1H3,(H2,20,21,22,25)/t11-,13+/m0/s1. The van der Waals surface area contributed by atoms with Gasteiger partial charge in [-0.25, -0.2) is 14.2 Å². The molecule has 25 heavy (non-hydrogen) atoms. The molecule has 1 fully saturated rings. The predicted octanol–water partition coefficient (Wildman–Crippen LogP) is 3.57. The summed E-state index contributed by atoms with van der Waals surface area (Å²) in [5, 5.41) is 15.4. The monoisotopic (exact) mass is 407 g/mol. The SMILES string of the molecule is CC(=O)c1ccc(F)c([C@H]2C[C@H]2NC(=O)Nc2ccc(Br)cn2)c1O. The molecule has 1 saturated carbocycles. The van der Waals surface area contributed by atoms with Crippen molar-refractivity contribution in [2.24, 2.45) is 0 Å². The number of hydrogen-bond acceptors (Lipinski definition) is 4. The van der Waals surface area contributed by atoms with Gasteiger partial charge in [-0.05, 0) is 53.5 Å². The molecule has 0 aliphatic heterocycles. The third-order valence-corrected chi connectivity index (χ3v) is 4.46. The summed E-state index contributed by atoms with van der Waals surface area (Å²) >= 11 is 3.25. The lowest BCUT2D eigenvalue weighted by Gasteiger charge is -2.10. The summed E-state index contributed by atoms with van der Waals surface area (Å²) in [6.07, 6.45) is 2.03. The largest absolute Gasteiger partial charge is 0.507 e. The second-order valence-electron chi connectivity index (χ2n) is 5.82. The predicted molar refractivity (Wildman–Crippen MR) is 93.3 cm³/mol. The molecule has 1 aliphatic rings. The number of phenolic OH excluding ortho intramolecular Hbond substituents is 1. The molecule has 0 spiro atoms. The fourth-order valence-corrected chi connectivity index (χ4v) is 2.90. The van der Waals surface area contributed by atoms with Crippen molar-refractivity contribution in [3.8, 4) is 5.75 Å². The van der Waals surface area contributed by atoms with Gasteiger partial charge >= 0.3 is 6.03 Å². The first-order valence-corrected chi connectivity index (χ1v) is 8.37. The maximum atomic E-state index is 14.1. The van der Waals surface area contributed by atoms with Gasteiger partial charge in [0.05, 0.1) is 5.56 Å². The molecule has 1 aromatic heterocycles. The van der Waals surface area contributed by atoms with Crippen LogP contribution in [0.2, 0.25) is 0 Å². The number of phenols is 1. The highest BCUT2D eigenvalue weighted by Crippen LogP contribution is 2.46. The van der Waals surface area contributed by atoms with E-state index in [1.165, 1.54) is 13.0 Å². The summed E-state index contributed by atoms with van der Waals surface area (Å²) in [6.45, 7) is 1.30. The topological polar surface area (TPSA) is 91.3 Å². The van der Waals surface area contributed by atoms with E-state index in [0.29, 0.717) is 12.2 Å². The molecule has 2 amide bonds. The number of halogens is 2. The number of rotatable bonds is 4. The Kier molecular flexibility index (Phi) is 4.71. The van der Waals surface area contributed by atoms with Crippen LogP contribution in [0.4, 0.5) is 15.0 Å². The Hall–Kier alpha value is -2.48. The molecular formula is C17H15BrFN3O3. The van der Waals surface area contributed by atoms with Gasteiger partial charge in [0, 0.05) is 28.2 Å². The van der Waals surface area contributed by atoms with Crippen LogP contribution in [0.5, 0.6) is 5.75 Å². The van der Waals surface area contributed by atoms with Crippen molar-refractivity contribution in [1.82, 2.24) is 10.3 Å². The molecule has 3 N–H and O–H groups in total. The Morgan fingerprint density at radius 3 is 2.72 bits per heavy atom. The van der Waals surface area contributed by atoms with Crippen LogP contribution in [-0.2, 0) is 0 Å². The van der Waals surface area contributed by atoms with Gasteiger partial charge < -0.3 is 10.4 Å². The van der Waals surface area contributed by atoms with Crippen molar-refractivity contribution in [3.05, 3.63) is 51.9 Å². The molecule has 0 saturated heterocycles. The number of carbonyl (C=O) groups is 2. The molecular weight excluding hydrogens is 393 g/mol. The number of ketones is 1. The Labute approximate surface area is 151 Å². The fraction of sp³-hybridized carbons (Fsp3) is 0.235. The number of benzene rings is 1. The van der Waals surface area contributed by atoms with Crippen LogP contribution >= 0.6 is 15.9 Å². The molecule has 0 unspecified atom stereocenters. The number of nitrogens with one attached hydrogen (secondary N) is 2. The van der Waals surface area contributed by atoms with Crippen LogP contribution in [0.3, 0.4) is 0 Å². The van der Waals surface area contributed by atoms with Crippen molar-refractivity contribution in [3.63, 3.8) is 0 Å². The molecule has 1 aliphatic carbocycles. The van der Waals surface area contributed by atoms with E-state index < -0.39 is 11.8 Å². The zero-order valence-corrected chi connectivity index (χ0v) is 14.8. The van der Waals surface area contributed by atoms with Crippen molar-refractivity contribution < 1.29 is 19.1 Å². The second kappa shape index (κ2) is 6.79. The molecule has 6 nitrogen and oxygen atoms in total. The summed E-state index contributed by atoms with van der Waals surface area (Å²) in [4.78, 5) is 27.5. The van der Waals surface area contributed by atoms with Gasteiger partial charge in [0.25, 0.3) is 0 Å². The van der Waals surface area contributed by atoms with Gasteiger partial charge in [0.1, 0.15) is 17.4 Å². The van der Waals surface area contributed by atoms with Crippen LogP contribution in [0.15, 0.2) is 34.9 Å². The molecule has 2 atom stereocenters. The van der Waals surface area contributed by atoms with Crippen LogP contribution in [0.25, 0.3) is 0 Å². The number of urea groups is 1. The van der Waals surface area contributed by atoms with Gasteiger partial charge in [0.15, 0.2) is 5.78 Å². The highest BCUT2D eigenvalue weighted by molar-refractivity contribution is 9.10. The normalized spacial score (nSPS) is 18.5. The van der Waals surface area contributed by atoms with Crippen LogP contribution in [0, 0.1) is 5.82 Å². The first-order valence-electron chi connectivity index (χ1n) is 7.58. The van der Waals surface area contributed by atoms with Crippen LogP contribution in [0.1, 0.15) is 35.2 Å². The van der Waals surface area contributed by atoms with Crippen molar-refractivity contribution in [1.29, 1.82) is 0 Å². The highest BCUT2D eigenvalue weighted by Gasteiger charge is 2.43. The van der Waals surface area contributed by atoms with Gasteiger partial charge in [-0.2, -0.15) is 0 Å². The molecule has 1 aromatic carbocycles. The minimum atomic E-state index is -0.591. The van der Waals surface area contributed by atoms with E-state index in [1.54, 1.807) is 18.3 Å². The number of pyridine rings is 1. The lowest BCUT2D eigenvalue weighted by atomic mass is 10.0. The number of amides is 2. The molecule has 0 radical (unpaired) electrons. The highest BCUT2D eigenvalue weighted by atomic mass is 79.9. The smallest absolute Gasteiger partial charge is 0.320 e. The average Bonchev–Trinajstić information content (AvgIpc) is 3.27. The third-order valence-electron chi connectivity index (χ3n) is 3.99. The average molecular weight is 408 g/mol. The summed E-state index contributed by atoms with van der Waals surface area (Å²) in [5.41, 5.74) is 0.144. The molecule has 8 heteroatoms. The Morgan fingerprint density at radius 2 is 2.08 bits per heavy atom. The van der Waals surface area contributed by atoms with E-state index in [2.05, 4.69) is 31.5 Å². The maximum absolute atomic E-state index is 14.1. The quantitative estimate of drug-likeness (QED) is 0.675. The van der Waals surface area contributed by atoms with E-state index in [9.17, 15) is 19.1 Å². The summed E-state index contributed by atoms with van der Waals surface area (Å²) < 4.78 is 14.9. The first kappa shape index (κ1) is 17.3. The van der Waals surface area contributed by atoms with E-state index in [4.69, 9.17) is 0 Å². The Morgan fingerprint density at radius 1 is 1.32 bits per heavy atom. The lowest BCUT2D eigenvalue weighted by Crippen LogP contribution is -2.31. The number of carbonyl (C=O) groups excluding carboxylic acids is 2. The number of Topliss-reactive ketones (excluding diaryl/α,β-unsaturated/α-hetero) is 1. The Bertz CT molecular complexity index is 842. The zero-order valence-electron chi connectivity index (χ0n) is 13.2. The van der Waals surface area contributed by atoms with Crippen LogP contribution < -0.4 is 10.6 Å². The van der Waals surface area contributed by atoms with Gasteiger partial charge in [-0.1, -0.05) is 0 Å². The van der Waals surface area contributed by atoms with E-state index >= 15 is 0 Å². The number of nitrogens with zero attached hydrogens (tertiary/aromatic N) is 1. The molecule has 1 heterocycles. The van der Waals surface area contributed by atoms with E-state index in [1.807, 2.05) is 0 Å². The summed E-state index contributed by atoms with van der Waals surface area (Å²) in [6, 6.07) is 5.00.